The molecule has 34 heavy (non-hydrogen) atoms. The predicted molar refractivity (Wildman–Crippen MR) is 123 cm³/mol. The Kier molecular flexibility index (Phi) is 6.37. The van der Waals surface area contributed by atoms with E-state index in [4.69, 9.17) is 39.6 Å². The highest BCUT2D eigenvalue weighted by atomic mass is 35.5. The molecule has 3 aromatic carbocycles. The average Bonchev–Trinajstić information content (AvgIpc) is 3.19. The van der Waals surface area contributed by atoms with Crippen molar-refractivity contribution in [3.8, 4) is 11.1 Å². The van der Waals surface area contributed by atoms with Gasteiger partial charge in [-0.05, 0) is 29.8 Å². The number of benzene rings is 3. The Bertz CT molecular complexity index is 1390. The summed E-state index contributed by atoms with van der Waals surface area (Å²) in [5, 5.41) is 3.40. The minimum Gasteiger partial charge on any atom is -0.374 e. The van der Waals surface area contributed by atoms with Crippen LogP contribution in [0.15, 0.2) is 70.7 Å². The molecule has 1 atom stereocenters. The van der Waals surface area contributed by atoms with E-state index < -0.39 is 33.2 Å². The van der Waals surface area contributed by atoms with Gasteiger partial charge in [0.05, 0.1) is 17.2 Å². The van der Waals surface area contributed by atoms with Crippen molar-refractivity contribution in [2.24, 2.45) is 5.16 Å². The average molecular weight is 551 g/mol. The van der Waals surface area contributed by atoms with Crippen molar-refractivity contribution >= 4 is 50.6 Å². The minimum absolute atomic E-state index is 0.00664. The van der Waals surface area contributed by atoms with Crippen LogP contribution in [0.4, 0.5) is 13.2 Å². The predicted octanol–water partition coefficient (Wildman–Crippen LogP) is 7.14. The molecule has 0 saturated carbocycles. The highest BCUT2D eigenvalue weighted by Gasteiger charge is 2.62. The molecule has 178 valence electrons. The van der Waals surface area contributed by atoms with Crippen LogP contribution in [-0.2, 0) is 20.6 Å². The number of hydrogen-bond donors (Lipinski definition) is 1. The molecule has 1 aliphatic heterocycles. The summed E-state index contributed by atoms with van der Waals surface area (Å²) in [4.78, 5) is 4.48. The van der Waals surface area contributed by atoms with Gasteiger partial charge in [0.1, 0.15) is 4.90 Å². The molecule has 0 aromatic heterocycles. The van der Waals surface area contributed by atoms with Crippen LogP contribution in [0.3, 0.4) is 0 Å². The summed E-state index contributed by atoms with van der Waals surface area (Å²) in [6.07, 6.45) is -5.71. The Balaban J connectivity index is 1.87. The zero-order valence-corrected chi connectivity index (χ0v) is 19.9. The smallest absolute Gasteiger partial charge is 0.374 e. The van der Waals surface area contributed by atoms with E-state index in [0.717, 1.165) is 24.3 Å². The Morgan fingerprint density at radius 2 is 1.59 bits per heavy atom. The van der Waals surface area contributed by atoms with Gasteiger partial charge >= 0.3 is 6.18 Å². The van der Waals surface area contributed by atoms with Gasteiger partial charge in [-0.15, -0.1) is 0 Å². The molecule has 1 N–H and O–H groups in total. The monoisotopic (exact) mass is 549 g/mol. The summed E-state index contributed by atoms with van der Waals surface area (Å²) < 4.78 is 76.5. The molecular weight excluding hydrogens is 538 g/mol. The van der Waals surface area contributed by atoms with Crippen molar-refractivity contribution in [3.05, 3.63) is 86.9 Å². The van der Waals surface area contributed by atoms with Crippen LogP contribution in [0.2, 0.25) is 15.1 Å². The number of halogens is 6. The number of hydrogen-bond acceptors (Lipinski definition) is 4. The van der Waals surface area contributed by atoms with E-state index in [2.05, 4.69) is 5.16 Å². The standard InChI is InChI=1S/C22H13Cl3F3NO4S/c23-14-8-13(9-15(24)10-14)21(22(26,27)28)11-17(29-33-21)16-6-7-18(34(30,31)32)19(20(16)25)12-4-2-1-3-5-12/h1-10H,11H2,(H,30,31,32). The number of rotatable bonds is 4. The van der Waals surface area contributed by atoms with Gasteiger partial charge in [0, 0.05) is 26.7 Å². The Morgan fingerprint density at radius 3 is 2.15 bits per heavy atom. The lowest BCUT2D eigenvalue weighted by Crippen LogP contribution is -2.42. The lowest BCUT2D eigenvalue weighted by molar-refractivity contribution is -0.275. The summed E-state index contributed by atoms with van der Waals surface area (Å²) in [5.74, 6) is 0. The SMILES string of the molecule is O=S(=O)(O)c1ccc(C2=NOC(c3cc(Cl)cc(Cl)c3)(C(F)(F)F)C2)c(Cl)c1-c1ccccc1. The maximum atomic E-state index is 14.3. The third kappa shape index (κ3) is 4.38. The van der Waals surface area contributed by atoms with Gasteiger partial charge in [0.2, 0.25) is 0 Å². The van der Waals surface area contributed by atoms with Crippen molar-refractivity contribution < 1.29 is 31.0 Å². The van der Waals surface area contributed by atoms with Gasteiger partial charge in [-0.1, -0.05) is 76.4 Å². The van der Waals surface area contributed by atoms with Gasteiger partial charge in [-0.25, -0.2) is 0 Å². The van der Waals surface area contributed by atoms with Crippen LogP contribution in [0.5, 0.6) is 0 Å². The summed E-state index contributed by atoms with van der Waals surface area (Å²) >= 11 is 18.3. The highest BCUT2D eigenvalue weighted by Crippen LogP contribution is 2.50. The summed E-state index contributed by atoms with van der Waals surface area (Å²) in [7, 11) is -4.71. The zero-order chi connectivity index (χ0) is 24.9. The van der Waals surface area contributed by atoms with Crippen LogP contribution in [0.25, 0.3) is 11.1 Å². The van der Waals surface area contributed by atoms with E-state index >= 15 is 0 Å². The van der Waals surface area contributed by atoms with E-state index in [1.54, 1.807) is 30.3 Å². The van der Waals surface area contributed by atoms with Gasteiger partial charge in [-0.2, -0.15) is 21.6 Å². The number of alkyl halides is 3. The summed E-state index contributed by atoms with van der Waals surface area (Å²) in [5.41, 5.74) is -3.19. The molecule has 0 spiro atoms. The van der Waals surface area contributed by atoms with Crippen molar-refractivity contribution in [3.63, 3.8) is 0 Å². The van der Waals surface area contributed by atoms with Crippen LogP contribution in [-0.4, -0.2) is 24.9 Å². The summed E-state index contributed by atoms with van der Waals surface area (Å²) in [6, 6.07) is 13.6. The van der Waals surface area contributed by atoms with Crippen LogP contribution >= 0.6 is 34.8 Å². The van der Waals surface area contributed by atoms with Crippen molar-refractivity contribution in [1.29, 1.82) is 0 Å². The van der Waals surface area contributed by atoms with Gasteiger partial charge in [-0.3, -0.25) is 4.55 Å². The second kappa shape index (κ2) is 8.73. The van der Waals surface area contributed by atoms with Crippen molar-refractivity contribution in [1.82, 2.24) is 0 Å². The molecule has 1 unspecified atom stereocenters. The Hall–Kier alpha value is -2.30. The third-order valence-corrected chi connectivity index (χ3v) is 6.99. The molecule has 12 heteroatoms. The molecule has 3 aromatic rings. The molecule has 1 heterocycles. The third-order valence-electron chi connectivity index (χ3n) is 5.27. The largest absolute Gasteiger partial charge is 0.435 e. The van der Waals surface area contributed by atoms with Crippen molar-refractivity contribution in [2.75, 3.05) is 0 Å². The Labute approximate surface area is 207 Å². The van der Waals surface area contributed by atoms with Gasteiger partial charge < -0.3 is 4.84 Å². The zero-order valence-electron chi connectivity index (χ0n) is 16.8. The van der Waals surface area contributed by atoms with E-state index in [9.17, 15) is 26.1 Å². The fourth-order valence-electron chi connectivity index (χ4n) is 3.71. The molecular formula is C22H13Cl3F3NO4S. The fourth-order valence-corrected chi connectivity index (χ4v) is 5.39. The first kappa shape index (κ1) is 24.8. The maximum absolute atomic E-state index is 14.3. The highest BCUT2D eigenvalue weighted by molar-refractivity contribution is 7.86. The molecule has 0 bridgehead atoms. The van der Waals surface area contributed by atoms with E-state index in [1.807, 2.05) is 0 Å². The molecule has 0 radical (unpaired) electrons. The number of oxime groups is 1. The lowest BCUT2D eigenvalue weighted by Gasteiger charge is -2.29. The molecule has 0 amide bonds. The van der Waals surface area contributed by atoms with E-state index in [1.165, 1.54) is 6.07 Å². The molecule has 4 rings (SSSR count). The van der Waals surface area contributed by atoms with Crippen molar-refractivity contribution in [2.45, 2.75) is 23.1 Å². The van der Waals surface area contributed by atoms with E-state index in [-0.39, 0.29) is 37.5 Å². The first-order valence-electron chi connectivity index (χ1n) is 9.47. The molecule has 0 saturated heterocycles. The van der Waals surface area contributed by atoms with Crippen LogP contribution in [0, 0.1) is 0 Å². The van der Waals surface area contributed by atoms with Gasteiger partial charge in [0.25, 0.3) is 15.7 Å². The molecule has 0 aliphatic carbocycles. The molecule has 1 aliphatic rings. The Morgan fingerprint density at radius 1 is 0.971 bits per heavy atom. The lowest BCUT2D eigenvalue weighted by atomic mass is 9.86. The fraction of sp³-hybridized carbons (Fsp3) is 0.136. The number of nitrogens with zero attached hydrogens (tertiary/aromatic N) is 1. The maximum Gasteiger partial charge on any atom is 0.435 e. The molecule has 0 fully saturated rings. The first-order valence-corrected chi connectivity index (χ1v) is 12.0. The van der Waals surface area contributed by atoms with E-state index in [0.29, 0.717) is 5.56 Å². The normalized spacial score (nSPS) is 18.5. The first-order chi connectivity index (χ1) is 15.8. The summed E-state index contributed by atoms with van der Waals surface area (Å²) in [6.45, 7) is 0. The molecule has 5 nitrogen and oxygen atoms in total. The topological polar surface area (TPSA) is 76.0 Å². The minimum atomic E-state index is -4.92. The second-order valence-corrected chi connectivity index (χ2v) is 10.1. The quantitative estimate of drug-likeness (QED) is 0.350. The second-order valence-electron chi connectivity index (χ2n) is 7.43. The van der Waals surface area contributed by atoms with Crippen LogP contribution < -0.4 is 0 Å². The van der Waals surface area contributed by atoms with Crippen LogP contribution in [0.1, 0.15) is 17.5 Å². The van der Waals surface area contributed by atoms with Gasteiger partial charge in [0.15, 0.2) is 0 Å².